The van der Waals surface area contributed by atoms with E-state index in [4.69, 9.17) is 5.11 Å². The molecule has 2 N–H and O–H groups in total. The van der Waals surface area contributed by atoms with Crippen LogP contribution in [0.25, 0.3) is 21.8 Å². The Hall–Kier alpha value is -1.63. The van der Waals surface area contributed by atoms with Crippen molar-refractivity contribution in [1.82, 2.24) is 4.57 Å². The highest BCUT2D eigenvalue weighted by atomic mass is 33.1. The van der Waals surface area contributed by atoms with Crippen LogP contribution in [0.3, 0.4) is 0 Å². The van der Waals surface area contributed by atoms with Crippen molar-refractivity contribution in [3.05, 3.63) is 42.5 Å². The highest BCUT2D eigenvalue weighted by molar-refractivity contribution is 8.76. The molecule has 2 aromatic carbocycles. The highest BCUT2D eigenvalue weighted by Crippen LogP contribution is 2.31. The number of fused-ring (bicyclic) bond motifs is 3. The molecule has 6 heteroatoms. The van der Waals surface area contributed by atoms with Crippen LogP contribution < -0.4 is 5.32 Å². The molecule has 4 nitrogen and oxygen atoms in total. The number of rotatable bonds is 8. The van der Waals surface area contributed by atoms with Crippen molar-refractivity contribution in [2.45, 2.75) is 19.9 Å². The highest BCUT2D eigenvalue weighted by Gasteiger charge is 2.10. The molecule has 1 amide bonds. The predicted molar refractivity (Wildman–Crippen MR) is 110 cm³/mol. The molecule has 3 rings (SSSR count). The molecule has 0 spiro atoms. The van der Waals surface area contributed by atoms with Gasteiger partial charge in [0.15, 0.2) is 0 Å². The molecule has 0 aliphatic heterocycles. The Morgan fingerprint density at radius 2 is 1.84 bits per heavy atom. The van der Waals surface area contributed by atoms with E-state index in [2.05, 4.69) is 47.1 Å². The first-order valence-corrected chi connectivity index (χ1v) is 10.9. The van der Waals surface area contributed by atoms with Crippen molar-refractivity contribution >= 4 is 55.0 Å². The largest absolute Gasteiger partial charge is 0.395 e. The van der Waals surface area contributed by atoms with Crippen molar-refractivity contribution in [2.24, 2.45) is 0 Å². The first-order valence-electron chi connectivity index (χ1n) is 8.40. The van der Waals surface area contributed by atoms with E-state index in [-0.39, 0.29) is 12.5 Å². The molecule has 0 unspecified atom stereocenters. The average Bonchev–Trinajstić information content (AvgIpc) is 2.94. The molecule has 1 aromatic heterocycles. The van der Waals surface area contributed by atoms with Crippen LogP contribution in [0.15, 0.2) is 42.5 Å². The second-order valence-electron chi connectivity index (χ2n) is 5.66. The molecule has 0 bridgehead atoms. The lowest BCUT2D eigenvalue weighted by Crippen LogP contribution is -2.11. The van der Waals surface area contributed by atoms with Gasteiger partial charge >= 0.3 is 0 Å². The number of anilines is 1. The molecule has 132 valence electrons. The van der Waals surface area contributed by atoms with Gasteiger partial charge in [-0.3, -0.25) is 4.79 Å². The van der Waals surface area contributed by atoms with Crippen LogP contribution in [0.2, 0.25) is 0 Å². The lowest BCUT2D eigenvalue weighted by molar-refractivity contribution is -0.115. The Labute approximate surface area is 155 Å². The van der Waals surface area contributed by atoms with Gasteiger partial charge in [0.2, 0.25) is 5.91 Å². The third kappa shape index (κ3) is 4.14. The minimum absolute atomic E-state index is 0.0238. The smallest absolute Gasteiger partial charge is 0.225 e. The fourth-order valence-corrected chi connectivity index (χ4v) is 4.74. The summed E-state index contributed by atoms with van der Waals surface area (Å²) in [5, 5.41) is 14.1. The van der Waals surface area contributed by atoms with Crippen LogP contribution in [-0.4, -0.2) is 33.7 Å². The van der Waals surface area contributed by atoms with E-state index in [0.717, 1.165) is 18.0 Å². The summed E-state index contributed by atoms with van der Waals surface area (Å²) in [6, 6.07) is 14.5. The van der Waals surface area contributed by atoms with Crippen LogP contribution in [0, 0.1) is 0 Å². The molecule has 0 aliphatic rings. The predicted octanol–water partition coefficient (Wildman–Crippen LogP) is 4.52. The molecule has 25 heavy (non-hydrogen) atoms. The second-order valence-corrected chi connectivity index (χ2v) is 8.36. The third-order valence-corrected chi connectivity index (χ3v) is 6.43. The maximum Gasteiger partial charge on any atom is 0.225 e. The maximum atomic E-state index is 12.1. The molecule has 1 heterocycles. The second kappa shape index (κ2) is 8.65. The standard InChI is InChI=1S/C19H22N2O2S2/c1-2-21-17-6-4-3-5-15(17)16-13-14(7-8-18(16)21)20-19(23)9-11-24-25-12-10-22/h3-8,13,22H,2,9-12H2,1H3,(H,20,23). The van der Waals surface area contributed by atoms with E-state index in [1.54, 1.807) is 21.6 Å². The van der Waals surface area contributed by atoms with Gasteiger partial charge in [-0.1, -0.05) is 39.8 Å². The van der Waals surface area contributed by atoms with Gasteiger partial charge in [-0.05, 0) is 31.2 Å². The van der Waals surface area contributed by atoms with E-state index in [9.17, 15) is 4.79 Å². The number of para-hydroxylation sites is 1. The van der Waals surface area contributed by atoms with Crippen molar-refractivity contribution in [1.29, 1.82) is 0 Å². The summed E-state index contributed by atoms with van der Waals surface area (Å²) >= 11 is 0. The lowest BCUT2D eigenvalue weighted by atomic mass is 10.1. The zero-order chi connectivity index (χ0) is 17.6. The fourth-order valence-electron chi connectivity index (χ4n) is 2.99. The summed E-state index contributed by atoms with van der Waals surface area (Å²) in [5.74, 6) is 1.47. The van der Waals surface area contributed by atoms with Gasteiger partial charge in [-0.25, -0.2) is 0 Å². The maximum absolute atomic E-state index is 12.1. The Bertz CT molecular complexity index is 876. The number of nitrogens with one attached hydrogen (secondary N) is 1. The summed E-state index contributed by atoms with van der Waals surface area (Å²) < 4.78 is 2.30. The molecule has 0 aliphatic carbocycles. The number of aliphatic hydroxyl groups is 1. The lowest BCUT2D eigenvalue weighted by Gasteiger charge is -2.06. The normalized spacial score (nSPS) is 11.3. The Morgan fingerprint density at radius 3 is 2.64 bits per heavy atom. The average molecular weight is 375 g/mol. The van der Waals surface area contributed by atoms with Crippen LogP contribution >= 0.6 is 21.6 Å². The number of benzene rings is 2. The van der Waals surface area contributed by atoms with Crippen molar-refractivity contribution in [3.63, 3.8) is 0 Å². The number of amides is 1. The van der Waals surface area contributed by atoms with Crippen LogP contribution in [-0.2, 0) is 11.3 Å². The SMILES string of the molecule is CCn1c2ccccc2c2cc(NC(=O)CCSSCCO)ccc21. The zero-order valence-electron chi connectivity index (χ0n) is 14.2. The first-order chi connectivity index (χ1) is 12.2. The molecular weight excluding hydrogens is 352 g/mol. The third-order valence-electron chi connectivity index (χ3n) is 4.04. The molecule has 0 atom stereocenters. The number of nitrogens with zero attached hydrogens (tertiary/aromatic N) is 1. The molecule has 0 radical (unpaired) electrons. The first kappa shape index (κ1) is 18.2. The molecule has 3 aromatic rings. The molecule has 0 fully saturated rings. The number of aryl methyl sites for hydroxylation is 1. The number of carbonyl (C=O) groups is 1. The minimum atomic E-state index is 0.0238. The van der Waals surface area contributed by atoms with Gasteiger partial charge in [0.1, 0.15) is 0 Å². The quantitative estimate of drug-likeness (QED) is 0.450. The Morgan fingerprint density at radius 1 is 1.08 bits per heavy atom. The van der Waals surface area contributed by atoms with E-state index < -0.39 is 0 Å². The number of aromatic nitrogens is 1. The number of hydrogen-bond acceptors (Lipinski definition) is 4. The van der Waals surface area contributed by atoms with Gasteiger partial charge in [-0.2, -0.15) is 0 Å². The molecule has 0 saturated carbocycles. The van der Waals surface area contributed by atoms with E-state index in [1.807, 2.05) is 12.1 Å². The Kier molecular flexibility index (Phi) is 6.29. The van der Waals surface area contributed by atoms with Gasteiger partial charge < -0.3 is 15.0 Å². The van der Waals surface area contributed by atoms with Crippen molar-refractivity contribution < 1.29 is 9.90 Å². The Balaban J connectivity index is 1.75. The summed E-state index contributed by atoms with van der Waals surface area (Å²) in [5.41, 5.74) is 3.25. The van der Waals surface area contributed by atoms with E-state index in [1.165, 1.54) is 21.8 Å². The number of hydrogen-bond donors (Lipinski definition) is 2. The van der Waals surface area contributed by atoms with Gasteiger partial charge in [-0.15, -0.1) is 0 Å². The van der Waals surface area contributed by atoms with Gasteiger partial charge in [0.05, 0.1) is 6.61 Å². The number of carbonyl (C=O) groups excluding carboxylic acids is 1. The van der Waals surface area contributed by atoms with E-state index >= 15 is 0 Å². The molecular formula is C19H22N2O2S2. The van der Waals surface area contributed by atoms with E-state index in [0.29, 0.717) is 12.2 Å². The molecule has 0 saturated heterocycles. The minimum Gasteiger partial charge on any atom is -0.395 e. The summed E-state index contributed by atoms with van der Waals surface area (Å²) in [7, 11) is 3.21. The topological polar surface area (TPSA) is 54.3 Å². The van der Waals surface area contributed by atoms with Gasteiger partial charge in [0.25, 0.3) is 0 Å². The van der Waals surface area contributed by atoms with Crippen molar-refractivity contribution in [2.75, 3.05) is 23.4 Å². The van der Waals surface area contributed by atoms with Gasteiger partial charge in [0, 0.05) is 52.0 Å². The van der Waals surface area contributed by atoms with Crippen LogP contribution in [0.4, 0.5) is 5.69 Å². The van der Waals surface area contributed by atoms with Crippen LogP contribution in [0.5, 0.6) is 0 Å². The number of aliphatic hydroxyl groups excluding tert-OH is 1. The van der Waals surface area contributed by atoms with Crippen molar-refractivity contribution in [3.8, 4) is 0 Å². The summed E-state index contributed by atoms with van der Waals surface area (Å²) in [4.78, 5) is 12.1. The summed E-state index contributed by atoms with van der Waals surface area (Å²) in [6.45, 7) is 3.24. The van der Waals surface area contributed by atoms with Crippen LogP contribution in [0.1, 0.15) is 13.3 Å². The summed E-state index contributed by atoms with van der Waals surface area (Å²) in [6.07, 6.45) is 0.470. The fraction of sp³-hybridized carbons (Fsp3) is 0.316. The zero-order valence-corrected chi connectivity index (χ0v) is 15.8. The monoisotopic (exact) mass is 374 g/mol.